The van der Waals surface area contributed by atoms with Gasteiger partial charge in [0.15, 0.2) is 0 Å². The second kappa shape index (κ2) is 12.2. The molecule has 0 aliphatic heterocycles. The SMILES string of the molecule is COc1ccc(C=Cc2cccc(C(CCc3ccccc3C(C)(C)O)SCC3(CC(=O)O)CC3)c2)nc1. The van der Waals surface area contributed by atoms with Gasteiger partial charge in [0, 0.05) is 11.0 Å². The van der Waals surface area contributed by atoms with E-state index in [1.54, 1.807) is 13.3 Å². The van der Waals surface area contributed by atoms with Crippen molar-refractivity contribution in [2.75, 3.05) is 12.9 Å². The summed E-state index contributed by atoms with van der Waals surface area (Å²) in [7, 11) is 1.63. The first-order chi connectivity index (χ1) is 18.2. The number of carboxylic acids is 1. The van der Waals surface area contributed by atoms with E-state index < -0.39 is 11.6 Å². The molecule has 0 saturated heterocycles. The largest absolute Gasteiger partial charge is 0.495 e. The molecule has 4 rings (SSSR count). The summed E-state index contributed by atoms with van der Waals surface area (Å²) in [5.41, 5.74) is 4.31. The molecule has 3 aromatic rings. The minimum Gasteiger partial charge on any atom is -0.495 e. The summed E-state index contributed by atoms with van der Waals surface area (Å²) in [5, 5.41) is 20.3. The Balaban J connectivity index is 1.54. The summed E-state index contributed by atoms with van der Waals surface area (Å²) in [6.45, 7) is 3.66. The van der Waals surface area contributed by atoms with Gasteiger partial charge in [0.2, 0.25) is 0 Å². The van der Waals surface area contributed by atoms with Crippen molar-refractivity contribution in [1.82, 2.24) is 4.98 Å². The summed E-state index contributed by atoms with van der Waals surface area (Å²) in [5.74, 6) is 0.858. The van der Waals surface area contributed by atoms with Crippen molar-refractivity contribution in [2.24, 2.45) is 5.41 Å². The second-order valence-electron chi connectivity index (χ2n) is 10.8. The molecule has 0 amide bonds. The van der Waals surface area contributed by atoms with Crippen molar-refractivity contribution < 1.29 is 19.7 Å². The third-order valence-corrected chi connectivity index (χ3v) is 8.84. The average Bonchev–Trinajstić information content (AvgIpc) is 3.66. The fourth-order valence-electron chi connectivity index (χ4n) is 4.77. The number of pyridine rings is 1. The minimum absolute atomic E-state index is 0.0721. The number of carbonyl (C=O) groups is 1. The van der Waals surface area contributed by atoms with Crippen molar-refractivity contribution in [1.29, 1.82) is 0 Å². The number of hydrogen-bond donors (Lipinski definition) is 2. The molecule has 38 heavy (non-hydrogen) atoms. The van der Waals surface area contributed by atoms with Crippen LogP contribution in [0.5, 0.6) is 5.75 Å². The number of nitrogens with zero attached hydrogens (tertiary/aromatic N) is 1. The Kier molecular flexibility index (Phi) is 8.95. The number of aryl methyl sites for hydroxylation is 1. The van der Waals surface area contributed by atoms with Crippen molar-refractivity contribution in [2.45, 2.75) is 56.8 Å². The molecule has 0 radical (unpaired) electrons. The fraction of sp³-hybridized carbons (Fsp3) is 0.375. The molecular formula is C32H37NO4S. The number of hydrogen-bond acceptors (Lipinski definition) is 5. The molecule has 200 valence electrons. The van der Waals surface area contributed by atoms with Gasteiger partial charge in [0.05, 0.1) is 31.0 Å². The summed E-state index contributed by atoms with van der Waals surface area (Å²) in [6, 6.07) is 20.5. The van der Waals surface area contributed by atoms with E-state index in [-0.39, 0.29) is 17.1 Å². The van der Waals surface area contributed by atoms with Gasteiger partial charge in [-0.25, -0.2) is 0 Å². The van der Waals surface area contributed by atoms with Gasteiger partial charge >= 0.3 is 5.97 Å². The fourth-order valence-corrected chi connectivity index (χ4v) is 6.34. The lowest BCUT2D eigenvalue weighted by Crippen LogP contribution is -2.18. The number of ether oxygens (including phenoxy) is 1. The topological polar surface area (TPSA) is 79.7 Å². The lowest BCUT2D eigenvalue weighted by Gasteiger charge is -2.24. The second-order valence-corrected chi connectivity index (χ2v) is 11.9. The van der Waals surface area contributed by atoms with Gasteiger partial charge < -0.3 is 14.9 Å². The van der Waals surface area contributed by atoms with Gasteiger partial charge in [-0.15, -0.1) is 0 Å². The molecule has 2 aromatic carbocycles. The molecule has 1 heterocycles. The molecule has 1 saturated carbocycles. The number of rotatable bonds is 13. The number of carboxylic acid groups (broad SMARTS) is 1. The number of aliphatic carboxylic acids is 1. The highest BCUT2D eigenvalue weighted by Crippen LogP contribution is 2.53. The third-order valence-electron chi connectivity index (χ3n) is 7.15. The zero-order chi connectivity index (χ0) is 27.2. The smallest absolute Gasteiger partial charge is 0.303 e. The van der Waals surface area contributed by atoms with Crippen LogP contribution < -0.4 is 4.74 Å². The summed E-state index contributed by atoms with van der Waals surface area (Å²) in [4.78, 5) is 15.8. The van der Waals surface area contributed by atoms with Crippen LogP contribution in [0.1, 0.15) is 72.7 Å². The zero-order valence-electron chi connectivity index (χ0n) is 22.4. The number of thioether (sulfide) groups is 1. The average molecular weight is 532 g/mol. The molecule has 0 bridgehead atoms. The predicted molar refractivity (Wildman–Crippen MR) is 155 cm³/mol. The quantitative estimate of drug-likeness (QED) is 0.244. The molecule has 6 heteroatoms. The standard InChI is InChI=1S/C32H37NO4S/c1-31(2,36)28-10-5-4-8-24(28)12-16-29(38-22-32(17-18-32)20-30(34)35)25-9-6-7-23(19-25)11-13-26-14-15-27(37-3)21-33-26/h4-11,13-15,19,21,29,36H,12,16-18,20,22H2,1-3H3,(H,34,35). The lowest BCUT2D eigenvalue weighted by atomic mass is 9.90. The molecule has 1 fully saturated rings. The van der Waals surface area contributed by atoms with Crippen LogP contribution in [-0.2, 0) is 16.8 Å². The highest BCUT2D eigenvalue weighted by atomic mass is 32.2. The van der Waals surface area contributed by atoms with Crippen molar-refractivity contribution in [3.8, 4) is 5.75 Å². The van der Waals surface area contributed by atoms with Gasteiger partial charge in [-0.3, -0.25) is 9.78 Å². The number of aromatic nitrogens is 1. The first kappa shape index (κ1) is 27.9. The van der Waals surface area contributed by atoms with Crippen LogP contribution in [-0.4, -0.2) is 34.0 Å². The first-order valence-electron chi connectivity index (χ1n) is 13.1. The van der Waals surface area contributed by atoms with E-state index >= 15 is 0 Å². The maximum atomic E-state index is 11.4. The van der Waals surface area contributed by atoms with E-state index in [4.69, 9.17) is 4.74 Å². The van der Waals surface area contributed by atoms with Crippen LogP contribution in [0.4, 0.5) is 0 Å². The Hall–Kier alpha value is -3.09. The van der Waals surface area contributed by atoms with Crippen LogP contribution in [0.2, 0.25) is 0 Å². The lowest BCUT2D eigenvalue weighted by molar-refractivity contribution is -0.138. The van der Waals surface area contributed by atoms with Crippen LogP contribution in [0.15, 0.2) is 66.9 Å². The van der Waals surface area contributed by atoms with E-state index in [9.17, 15) is 15.0 Å². The monoisotopic (exact) mass is 531 g/mol. The Morgan fingerprint density at radius 3 is 2.58 bits per heavy atom. The minimum atomic E-state index is -0.904. The molecule has 5 nitrogen and oxygen atoms in total. The van der Waals surface area contributed by atoms with Crippen molar-refractivity contribution >= 4 is 29.9 Å². The molecule has 1 aliphatic carbocycles. The van der Waals surface area contributed by atoms with Gasteiger partial charge in [0.25, 0.3) is 0 Å². The van der Waals surface area contributed by atoms with Gasteiger partial charge in [-0.1, -0.05) is 54.6 Å². The van der Waals surface area contributed by atoms with Gasteiger partial charge in [-0.2, -0.15) is 11.8 Å². The maximum Gasteiger partial charge on any atom is 0.303 e. The molecular weight excluding hydrogens is 494 g/mol. The van der Waals surface area contributed by atoms with E-state index in [1.165, 1.54) is 5.56 Å². The highest BCUT2D eigenvalue weighted by Gasteiger charge is 2.44. The number of benzene rings is 2. The Bertz CT molecular complexity index is 1260. The zero-order valence-corrected chi connectivity index (χ0v) is 23.2. The Morgan fingerprint density at radius 2 is 1.92 bits per heavy atom. The Morgan fingerprint density at radius 1 is 1.13 bits per heavy atom. The Labute approximate surface area is 230 Å². The third kappa shape index (κ3) is 7.71. The van der Waals surface area contributed by atoms with Gasteiger partial charge in [-0.05, 0) is 85.4 Å². The predicted octanol–water partition coefficient (Wildman–Crippen LogP) is 7.15. The van der Waals surface area contributed by atoms with Crippen LogP contribution >= 0.6 is 11.8 Å². The maximum absolute atomic E-state index is 11.4. The molecule has 1 unspecified atom stereocenters. The summed E-state index contributed by atoms with van der Waals surface area (Å²) in [6.07, 6.45) is 9.71. The molecule has 0 spiro atoms. The molecule has 1 atom stereocenters. The van der Waals surface area contributed by atoms with E-state index in [0.717, 1.165) is 59.6 Å². The van der Waals surface area contributed by atoms with Crippen molar-refractivity contribution in [3.63, 3.8) is 0 Å². The number of aliphatic hydroxyl groups is 1. The number of methoxy groups -OCH3 is 1. The highest BCUT2D eigenvalue weighted by molar-refractivity contribution is 7.99. The summed E-state index contributed by atoms with van der Waals surface area (Å²) < 4.78 is 5.19. The van der Waals surface area contributed by atoms with Crippen LogP contribution in [0.3, 0.4) is 0 Å². The van der Waals surface area contributed by atoms with E-state index in [0.29, 0.717) is 0 Å². The summed E-state index contributed by atoms with van der Waals surface area (Å²) >= 11 is 1.87. The van der Waals surface area contributed by atoms with Crippen LogP contribution in [0.25, 0.3) is 12.2 Å². The molecule has 1 aliphatic rings. The van der Waals surface area contributed by atoms with E-state index in [2.05, 4.69) is 41.4 Å². The molecule has 2 N–H and O–H groups in total. The van der Waals surface area contributed by atoms with Crippen LogP contribution in [0, 0.1) is 5.41 Å². The van der Waals surface area contributed by atoms with Crippen molar-refractivity contribution in [3.05, 3.63) is 94.8 Å². The molecule has 1 aromatic heterocycles. The normalized spacial score (nSPS) is 15.4. The van der Waals surface area contributed by atoms with Gasteiger partial charge in [0.1, 0.15) is 5.75 Å². The first-order valence-corrected chi connectivity index (χ1v) is 14.1. The van der Waals surface area contributed by atoms with E-state index in [1.807, 2.05) is 62.0 Å².